The molecule has 3 nitrogen and oxygen atoms in total. The average molecular weight is 320 g/mol. The van der Waals surface area contributed by atoms with Crippen molar-refractivity contribution in [3.63, 3.8) is 0 Å². The number of ether oxygens (including phenoxy) is 1. The fraction of sp³-hybridized carbons (Fsp3) is 0.333. The third-order valence-corrected chi connectivity index (χ3v) is 4.16. The van der Waals surface area contributed by atoms with E-state index in [-0.39, 0.29) is 12.0 Å². The number of halogens is 1. The Bertz CT molecular complexity index is 600. The molecule has 0 bridgehead atoms. The molecule has 0 saturated heterocycles. The highest BCUT2D eigenvalue weighted by Crippen LogP contribution is 2.25. The van der Waals surface area contributed by atoms with Crippen LogP contribution in [0.5, 0.6) is 5.75 Å². The maximum Gasteiger partial charge on any atom is 0.118 e. The minimum Gasteiger partial charge on any atom is -0.497 e. The van der Waals surface area contributed by atoms with Crippen LogP contribution < -0.4 is 10.5 Å². The molecule has 0 spiro atoms. The molecular weight excluding hydrogens is 298 g/mol. The quantitative estimate of drug-likeness (QED) is 0.855. The monoisotopic (exact) mass is 319 g/mol. The summed E-state index contributed by atoms with van der Waals surface area (Å²) in [5.74, 6) is 0.960. The van der Waals surface area contributed by atoms with E-state index in [1.165, 1.54) is 5.56 Å². The average Bonchev–Trinajstić information content (AvgIpc) is 2.54. The molecule has 22 heavy (non-hydrogen) atoms. The lowest BCUT2D eigenvalue weighted by atomic mass is 9.88. The van der Waals surface area contributed by atoms with Crippen molar-refractivity contribution < 1.29 is 9.84 Å². The minimum atomic E-state index is -0.730. The van der Waals surface area contributed by atoms with Crippen molar-refractivity contribution >= 4 is 11.6 Å². The molecule has 4 heteroatoms. The van der Waals surface area contributed by atoms with Crippen LogP contribution in [0.4, 0.5) is 0 Å². The lowest BCUT2D eigenvalue weighted by molar-refractivity contribution is 0.121. The van der Waals surface area contributed by atoms with Gasteiger partial charge in [-0.15, -0.1) is 0 Å². The summed E-state index contributed by atoms with van der Waals surface area (Å²) in [6.45, 7) is 2.04. The van der Waals surface area contributed by atoms with Crippen molar-refractivity contribution in [2.24, 2.45) is 11.7 Å². The molecule has 0 aliphatic rings. The molecule has 0 amide bonds. The molecule has 0 aliphatic carbocycles. The number of benzene rings is 2. The normalized spacial score (nSPS) is 15.1. The van der Waals surface area contributed by atoms with E-state index >= 15 is 0 Å². The molecule has 0 fully saturated rings. The van der Waals surface area contributed by atoms with Crippen LogP contribution in [0.1, 0.15) is 24.2 Å². The van der Waals surface area contributed by atoms with Gasteiger partial charge in [0.2, 0.25) is 0 Å². The lowest BCUT2D eigenvalue weighted by Crippen LogP contribution is -2.36. The van der Waals surface area contributed by atoms with E-state index in [0.29, 0.717) is 5.02 Å². The molecule has 0 radical (unpaired) electrons. The Morgan fingerprint density at radius 3 is 2.45 bits per heavy atom. The van der Waals surface area contributed by atoms with Gasteiger partial charge in [0.1, 0.15) is 5.75 Å². The topological polar surface area (TPSA) is 55.5 Å². The SMILES string of the molecule is COc1ccc(CC(C)C(N)C(O)c2cccc(Cl)c2)cc1. The van der Waals surface area contributed by atoms with Crippen LogP contribution >= 0.6 is 11.6 Å². The van der Waals surface area contributed by atoms with Gasteiger partial charge in [0.15, 0.2) is 0 Å². The van der Waals surface area contributed by atoms with Crippen LogP contribution in [0.25, 0.3) is 0 Å². The van der Waals surface area contributed by atoms with E-state index in [1.807, 2.05) is 43.3 Å². The first-order chi connectivity index (χ1) is 10.5. The van der Waals surface area contributed by atoms with Gasteiger partial charge in [-0.2, -0.15) is 0 Å². The van der Waals surface area contributed by atoms with E-state index in [1.54, 1.807) is 19.2 Å². The molecule has 0 saturated carbocycles. The van der Waals surface area contributed by atoms with Gasteiger partial charge in [0.25, 0.3) is 0 Å². The fourth-order valence-corrected chi connectivity index (χ4v) is 2.69. The van der Waals surface area contributed by atoms with Gasteiger partial charge in [0, 0.05) is 11.1 Å². The smallest absolute Gasteiger partial charge is 0.118 e. The Morgan fingerprint density at radius 1 is 1.18 bits per heavy atom. The highest BCUT2D eigenvalue weighted by molar-refractivity contribution is 6.30. The fourth-order valence-electron chi connectivity index (χ4n) is 2.49. The second-order valence-corrected chi connectivity index (χ2v) is 6.04. The summed E-state index contributed by atoms with van der Waals surface area (Å²) < 4.78 is 5.15. The summed E-state index contributed by atoms with van der Waals surface area (Å²) >= 11 is 5.97. The Hall–Kier alpha value is -1.55. The number of aliphatic hydroxyl groups is 1. The van der Waals surface area contributed by atoms with Crippen LogP contribution in [0.2, 0.25) is 5.02 Å². The first kappa shape index (κ1) is 16.8. The maximum atomic E-state index is 10.4. The first-order valence-electron chi connectivity index (χ1n) is 7.33. The standard InChI is InChI=1S/C18H22ClNO2/c1-12(10-13-6-8-16(22-2)9-7-13)17(20)18(21)14-4-3-5-15(19)11-14/h3-9,11-12,17-18,21H,10,20H2,1-2H3. The van der Waals surface area contributed by atoms with Crippen LogP contribution in [0.15, 0.2) is 48.5 Å². The van der Waals surface area contributed by atoms with Crippen LogP contribution in [-0.2, 0) is 6.42 Å². The Labute approximate surface area is 136 Å². The number of rotatable bonds is 6. The van der Waals surface area contributed by atoms with E-state index in [4.69, 9.17) is 22.1 Å². The van der Waals surface area contributed by atoms with Gasteiger partial charge >= 0.3 is 0 Å². The Balaban J connectivity index is 2.02. The Kier molecular flexibility index (Phi) is 5.83. The van der Waals surface area contributed by atoms with Gasteiger partial charge in [-0.05, 0) is 47.7 Å². The van der Waals surface area contributed by atoms with Crippen molar-refractivity contribution in [3.05, 3.63) is 64.7 Å². The summed E-state index contributed by atoms with van der Waals surface area (Å²) in [6.07, 6.45) is 0.0648. The van der Waals surface area contributed by atoms with Crippen LogP contribution in [0.3, 0.4) is 0 Å². The molecule has 3 atom stereocenters. The molecule has 3 N–H and O–H groups in total. The van der Waals surface area contributed by atoms with Gasteiger partial charge in [0.05, 0.1) is 13.2 Å². The summed E-state index contributed by atoms with van der Waals surface area (Å²) in [6, 6.07) is 14.7. The Morgan fingerprint density at radius 2 is 1.86 bits per heavy atom. The highest BCUT2D eigenvalue weighted by Gasteiger charge is 2.23. The molecular formula is C18H22ClNO2. The molecule has 0 aromatic heterocycles. The zero-order valence-electron chi connectivity index (χ0n) is 12.9. The molecule has 0 heterocycles. The lowest BCUT2D eigenvalue weighted by Gasteiger charge is -2.25. The number of methoxy groups -OCH3 is 1. The van der Waals surface area contributed by atoms with Crippen molar-refractivity contribution in [2.75, 3.05) is 7.11 Å². The number of aliphatic hydroxyl groups excluding tert-OH is 1. The second-order valence-electron chi connectivity index (χ2n) is 5.61. The third kappa shape index (κ3) is 4.23. The van der Waals surface area contributed by atoms with E-state index in [2.05, 4.69) is 0 Å². The second kappa shape index (κ2) is 7.63. The summed E-state index contributed by atoms with van der Waals surface area (Å²) in [7, 11) is 1.65. The molecule has 2 rings (SSSR count). The number of hydrogen-bond donors (Lipinski definition) is 2. The highest BCUT2D eigenvalue weighted by atomic mass is 35.5. The van der Waals surface area contributed by atoms with Gasteiger partial charge < -0.3 is 15.6 Å². The molecule has 2 aromatic carbocycles. The predicted octanol–water partition coefficient (Wildman–Crippen LogP) is 3.59. The van der Waals surface area contributed by atoms with Gasteiger partial charge in [-0.25, -0.2) is 0 Å². The molecule has 3 unspecified atom stereocenters. The summed E-state index contributed by atoms with van der Waals surface area (Å²) in [4.78, 5) is 0. The van der Waals surface area contributed by atoms with Gasteiger partial charge in [-0.1, -0.05) is 42.8 Å². The summed E-state index contributed by atoms with van der Waals surface area (Å²) in [5.41, 5.74) is 8.15. The number of hydrogen-bond acceptors (Lipinski definition) is 3. The van der Waals surface area contributed by atoms with E-state index in [9.17, 15) is 5.11 Å². The zero-order chi connectivity index (χ0) is 16.1. The zero-order valence-corrected chi connectivity index (χ0v) is 13.6. The minimum absolute atomic E-state index is 0.127. The number of nitrogens with two attached hydrogens (primary N) is 1. The first-order valence-corrected chi connectivity index (χ1v) is 7.71. The van der Waals surface area contributed by atoms with Crippen molar-refractivity contribution in [3.8, 4) is 5.75 Å². The van der Waals surface area contributed by atoms with Crippen molar-refractivity contribution in [1.29, 1.82) is 0 Å². The van der Waals surface area contributed by atoms with Crippen molar-refractivity contribution in [2.45, 2.75) is 25.5 Å². The van der Waals surface area contributed by atoms with Crippen LogP contribution in [0, 0.1) is 5.92 Å². The molecule has 0 aliphatic heterocycles. The molecule has 118 valence electrons. The van der Waals surface area contributed by atoms with E-state index < -0.39 is 6.10 Å². The third-order valence-electron chi connectivity index (χ3n) is 3.93. The maximum absolute atomic E-state index is 10.4. The van der Waals surface area contributed by atoms with Gasteiger partial charge in [-0.3, -0.25) is 0 Å². The predicted molar refractivity (Wildman–Crippen MR) is 90.2 cm³/mol. The van der Waals surface area contributed by atoms with Crippen molar-refractivity contribution in [1.82, 2.24) is 0 Å². The largest absolute Gasteiger partial charge is 0.497 e. The molecule has 2 aromatic rings. The van der Waals surface area contributed by atoms with Crippen LogP contribution in [-0.4, -0.2) is 18.3 Å². The summed E-state index contributed by atoms with van der Waals surface area (Å²) in [5, 5.41) is 11.0. The van der Waals surface area contributed by atoms with E-state index in [0.717, 1.165) is 17.7 Å².